The summed E-state index contributed by atoms with van der Waals surface area (Å²) in [4.78, 5) is 10.9. The molecular formula is C16H12F3IN2S. The van der Waals surface area contributed by atoms with E-state index in [0.29, 0.717) is 23.5 Å². The highest BCUT2D eigenvalue weighted by molar-refractivity contribution is 14.1. The molecule has 0 spiro atoms. The van der Waals surface area contributed by atoms with Crippen LogP contribution in [0.4, 0.5) is 13.2 Å². The molecule has 0 amide bonds. The molecule has 1 aromatic carbocycles. The molecule has 0 radical (unpaired) electrons. The molecule has 0 fully saturated rings. The lowest BCUT2D eigenvalue weighted by molar-refractivity contribution is -0.137. The van der Waals surface area contributed by atoms with Crippen LogP contribution in [0.1, 0.15) is 16.3 Å². The van der Waals surface area contributed by atoms with Gasteiger partial charge in [0.25, 0.3) is 0 Å². The fourth-order valence-electron chi connectivity index (χ4n) is 2.35. The van der Waals surface area contributed by atoms with Gasteiger partial charge in [0.2, 0.25) is 0 Å². The zero-order valence-electron chi connectivity index (χ0n) is 12.1. The molecule has 7 heteroatoms. The summed E-state index contributed by atoms with van der Waals surface area (Å²) in [6, 6.07) is 7.25. The van der Waals surface area contributed by atoms with Crippen LogP contribution in [0.2, 0.25) is 0 Å². The van der Waals surface area contributed by atoms with E-state index < -0.39 is 11.7 Å². The number of hydrogen-bond acceptors (Lipinski definition) is 3. The Bertz CT molecular complexity index is 858. The number of benzene rings is 1. The molecule has 0 N–H and O–H groups in total. The third kappa shape index (κ3) is 3.50. The molecule has 0 bridgehead atoms. The Morgan fingerprint density at radius 2 is 1.96 bits per heavy atom. The van der Waals surface area contributed by atoms with Crippen molar-refractivity contribution in [3.8, 4) is 11.3 Å². The lowest BCUT2D eigenvalue weighted by atomic mass is 10.1. The van der Waals surface area contributed by atoms with Crippen LogP contribution in [-0.4, -0.2) is 14.4 Å². The maximum Gasteiger partial charge on any atom is 0.416 e. The highest BCUT2D eigenvalue weighted by atomic mass is 127. The summed E-state index contributed by atoms with van der Waals surface area (Å²) in [5, 5.41) is 0.809. The van der Waals surface area contributed by atoms with E-state index in [0.717, 1.165) is 31.7 Å². The maximum atomic E-state index is 13.0. The Morgan fingerprint density at radius 1 is 1.17 bits per heavy atom. The van der Waals surface area contributed by atoms with Gasteiger partial charge in [-0.3, -0.25) is 0 Å². The molecule has 120 valence electrons. The number of nitrogens with zero attached hydrogens (tertiary/aromatic N) is 2. The minimum absolute atomic E-state index is 0.472. The average molecular weight is 448 g/mol. The minimum atomic E-state index is -4.36. The van der Waals surface area contributed by atoms with Crippen molar-refractivity contribution in [2.75, 3.05) is 4.43 Å². The van der Waals surface area contributed by atoms with Crippen LogP contribution in [0.15, 0.2) is 30.3 Å². The van der Waals surface area contributed by atoms with Gasteiger partial charge in [-0.05, 0) is 25.1 Å². The van der Waals surface area contributed by atoms with Gasteiger partial charge in [-0.1, -0.05) is 34.7 Å². The van der Waals surface area contributed by atoms with Gasteiger partial charge >= 0.3 is 6.18 Å². The first-order chi connectivity index (χ1) is 10.9. The number of hydrogen-bond donors (Lipinski definition) is 0. The SMILES string of the molecule is Cc1cc2c(-c3cccc(C(F)(F)F)c3)nc(CCI)nc2s1. The fraction of sp³-hybridized carbons (Fsp3) is 0.250. The van der Waals surface area contributed by atoms with Crippen LogP contribution >= 0.6 is 33.9 Å². The molecule has 0 aliphatic carbocycles. The number of aryl methyl sites for hydroxylation is 2. The van der Waals surface area contributed by atoms with Gasteiger partial charge in [-0.25, -0.2) is 9.97 Å². The van der Waals surface area contributed by atoms with E-state index in [1.54, 1.807) is 6.07 Å². The van der Waals surface area contributed by atoms with Gasteiger partial charge in [-0.15, -0.1) is 11.3 Å². The van der Waals surface area contributed by atoms with Crippen LogP contribution in [0.5, 0.6) is 0 Å². The number of halogens is 4. The number of alkyl halides is 4. The average Bonchev–Trinajstić information content (AvgIpc) is 2.86. The molecule has 2 nitrogen and oxygen atoms in total. The lowest BCUT2D eigenvalue weighted by Crippen LogP contribution is -2.05. The number of thiophene rings is 1. The van der Waals surface area contributed by atoms with Crippen LogP contribution in [0, 0.1) is 6.92 Å². The second kappa shape index (κ2) is 6.35. The van der Waals surface area contributed by atoms with Crippen LogP contribution in [0.3, 0.4) is 0 Å². The molecule has 2 heterocycles. The van der Waals surface area contributed by atoms with E-state index in [1.807, 2.05) is 13.0 Å². The van der Waals surface area contributed by atoms with E-state index in [-0.39, 0.29) is 0 Å². The molecule has 0 atom stereocenters. The van der Waals surface area contributed by atoms with Gasteiger partial charge in [0.1, 0.15) is 10.7 Å². The van der Waals surface area contributed by atoms with Crippen molar-refractivity contribution in [2.45, 2.75) is 19.5 Å². The zero-order chi connectivity index (χ0) is 16.6. The summed E-state index contributed by atoms with van der Waals surface area (Å²) in [6.07, 6.45) is -3.67. The third-order valence-corrected chi connectivity index (χ3v) is 4.83. The Balaban J connectivity index is 2.22. The maximum absolute atomic E-state index is 13.0. The van der Waals surface area contributed by atoms with Crippen molar-refractivity contribution in [3.05, 3.63) is 46.6 Å². The van der Waals surface area contributed by atoms with Gasteiger partial charge in [0.15, 0.2) is 0 Å². The molecular weight excluding hydrogens is 436 g/mol. The van der Waals surface area contributed by atoms with Crippen molar-refractivity contribution < 1.29 is 13.2 Å². The van der Waals surface area contributed by atoms with Crippen molar-refractivity contribution in [2.24, 2.45) is 0 Å². The first kappa shape index (κ1) is 16.6. The monoisotopic (exact) mass is 448 g/mol. The smallest absolute Gasteiger partial charge is 0.232 e. The highest BCUT2D eigenvalue weighted by Crippen LogP contribution is 2.35. The normalized spacial score (nSPS) is 12.0. The standard InChI is InChI=1S/C16H12F3IN2S/c1-9-7-12-14(21-13(5-6-20)22-15(12)23-9)10-3-2-4-11(8-10)16(17,18)19/h2-4,7-8H,5-6H2,1H3. The van der Waals surface area contributed by atoms with E-state index in [9.17, 15) is 13.2 Å². The molecule has 0 unspecified atom stereocenters. The summed E-state index contributed by atoms with van der Waals surface area (Å²) >= 11 is 3.77. The number of aromatic nitrogens is 2. The molecule has 3 aromatic rings. The Morgan fingerprint density at radius 3 is 2.65 bits per heavy atom. The van der Waals surface area contributed by atoms with Gasteiger partial charge in [-0.2, -0.15) is 13.2 Å². The highest BCUT2D eigenvalue weighted by Gasteiger charge is 2.30. The van der Waals surface area contributed by atoms with Crippen molar-refractivity contribution in [3.63, 3.8) is 0 Å². The quantitative estimate of drug-likeness (QED) is 0.382. The molecule has 0 aliphatic rings. The van der Waals surface area contributed by atoms with Crippen LogP contribution in [0.25, 0.3) is 21.5 Å². The number of fused-ring (bicyclic) bond motifs is 1. The predicted octanol–water partition coefficient (Wildman–Crippen LogP) is 5.66. The summed E-state index contributed by atoms with van der Waals surface area (Å²) < 4.78 is 39.8. The Kier molecular flexibility index (Phi) is 4.59. The first-order valence-corrected chi connectivity index (χ1v) is 9.23. The van der Waals surface area contributed by atoms with Crippen LogP contribution < -0.4 is 0 Å². The topological polar surface area (TPSA) is 25.8 Å². The third-order valence-electron chi connectivity index (χ3n) is 3.34. The van der Waals surface area contributed by atoms with Crippen molar-refractivity contribution in [1.82, 2.24) is 9.97 Å². The first-order valence-electron chi connectivity index (χ1n) is 6.89. The largest absolute Gasteiger partial charge is 0.416 e. The van der Waals surface area contributed by atoms with Crippen LogP contribution in [-0.2, 0) is 12.6 Å². The lowest BCUT2D eigenvalue weighted by Gasteiger charge is -2.10. The summed E-state index contributed by atoms with van der Waals surface area (Å²) in [7, 11) is 0. The molecule has 2 aromatic heterocycles. The van der Waals surface area contributed by atoms with E-state index in [2.05, 4.69) is 32.6 Å². The summed E-state index contributed by atoms with van der Waals surface area (Å²) in [5.41, 5.74) is 0.384. The molecule has 23 heavy (non-hydrogen) atoms. The fourth-order valence-corrected chi connectivity index (χ4v) is 3.73. The Labute approximate surface area is 148 Å². The Hall–Kier alpha value is -1.22. The summed E-state index contributed by atoms with van der Waals surface area (Å²) in [6.45, 7) is 1.96. The van der Waals surface area contributed by atoms with Gasteiger partial charge in [0.05, 0.1) is 11.3 Å². The van der Waals surface area contributed by atoms with Crippen molar-refractivity contribution in [1.29, 1.82) is 0 Å². The number of rotatable bonds is 3. The minimum Gasteiger partial charge on any atom is -0.232 e. The predicted molar refractivity (Wildman–Crippen MR) is 95.2 cm³/mol. The van der Waals surface area contributed by atoms with E-state index >= 15 is 0 Å². The molecule has 0 saturated heterocycles. The second-order valence-corrected chi connectivity index (χ2v) is 7.40. The molecule has 3 rings (SSSR count). The van der Waals surface area contributed by atoms with Crippen molar-refractivity contribution >= 4 is 44.1 Å². The van der Waals surface area contributed by atoms with E-state index in [1.165, 1.54) is 17.4 Å². The molecule has 0 aliphatic heterocycles. The second-order valence-electron chi connectivity index (χ2n) is 5.08. The van der Waals surface area contributed by atoms with E-state index in [4.69, 9.17) is 0 Å². The van der Waals surface area contributed by atoms with Gasteiger partial charge in [0, 0.05) is 26.7 Å². The molecule has 0 saturated carbocycles. The summed E-state index contributed by atoms with van der Waals surface area (Å²) in [5.74, 6) is 0.668. The van der Waals surface area contributed by atoms with Gasteiger partial charge < -0.3 is 0 Å². The zero-order valence-corrected chi connectivity index (χ0v) is 15.1.